The maximum Gasteiger partial charge on any atom is 0.0402 e. The molecule has 0 bridgehead atoms. The molecule has 2 nitrogen and oxygen atoms in total. The van der Waals surface area contributed by atoms with Gasteiger partial charge in [-0.25, -0.2) is 0 Å². The van der Waals surface area contributed by atoms with E-state index in [0.717, 1.165) is 0 Å². The first kappa shape index (κ1) is 12.4. The van der Waals surface area contributed by atoms with Gasteiger partial charge in [-0.05, 0) is 51.8 Å². The molecule has 0 radical (unpaired) electrons. The van der Waals surface area contributed by atoms with Gasteiger partial charge >= 0.3 is 0 Å². The molecule has 2 rings (SSSR count). The number of nitrogens with zero attached hydrogens (tertiary/aromatic N) is 1. The van der Waals surface area contributed by atoms with Gasteiger partial charge in [0, 0.05) is 24.3 Å². The van der Waals surface area contributed by atoms with Gasteiger partial charge in [0.25, 0.3) is 0 Å². The van der Waals surface area contributed by atoms with Crippen molar-refractivity contribution in [2.45, 2.75) is 45.2 Å². The molecule has 1 aliphatic rings. The number of hydrogen-bond acceptors (Lipinski definition) is 2. The highest BCUT2D eigenvalue weighted by Crippen LogP contribution is 2.31. The predicted molar refractivity (Wildman–Crippen MR) is 74.7 cm³/mol. The molecule has 0 aromatic heterocycles. The van der Waals surface area contributed by atoms with Gasteiger partial charge in [0.15, 0.2) is 0 Å². The lowest BCUT2D eigenvalue weighted by Gasteiger charge is -2.25. The Balaban J connectivity index is 1.93. The van der Waals surface area contributed by atoms with Gasteiger partial charge in [-0.1, -0.05) is 18.2 Å². The van der Waals surface area contributed by atoms with E-state index in [2.05, 4.69) is 48.3 Å². The lowest BCUT2D eigenvalue weighted by Crippen LogP contribution is -2.31. The van der Waals surface area contributed by atoms with E-state index in [0.29, 0.717) is 12.1 Å². The molecule has 94 valence electrons. The maximum absolute atomic E-state index is 3.30. The van der Waals surface area contributed by atoms with Crippen molar-refractivity contribution in [1.29, 1.82) is 0 Å². The Bertz CT molecular complexity index is 362. The Kier molecular flexibility index (Phi) is 4.06. The summed E-state index contributed by atoms with van der Waals surface area (Å²) in [5, 5.41) is 3.30. The third-order valence-electron chi connectivity index (χ3n) is 3.88. The molecule has 0 aliphatic carbocycles. The molecule has 0 saturated carbocycles. The van der Waals surface area contributed by atoms with Crippen molar-refractivity contribution >= 4 is 5.69 Å². The van der Waals surface area contributed by atoms with Crippen LogP contribution >= 0.6 is 0 Å². The number of fused-ring (bicyclic) bond motifs is 1. The molecular weight excluding hydrogens is 208 g/mol. The molecule has 0 fully saturated rings. The second-order valence-electron chi connectivity index (χ2n) is 5.21. The van der Waals surface area contributed by atoms with Gasteiger partial charge in [-0.2, -0.15) is 0 Å². The zero-order valence-corrected chi connectivity index (χ0v) is 11.2. The van der Waals surface area contributed by atoms with Crippen LogP contribution in [0.15, 0.2) is 24.3 Å². The van der Waals surface area contributed by atoms with Gasteiger partial charge < -0.3 is 10.2 Å². The summed E-state index contributed by atoms with van der Waals surface area (Å²) in [6.45, 7) is 5.77. The number of benzene rings is 1. The number of rotatable bonds is 5. The maximum atomic E-state index is 3.30. The van der Waals surface area contributed by atoms with Gasteiger partial charge in [0.2, 0.25) is 0 Å². The lowest BCUT2D eigenvalue weighted by molar-refractivity contribution is 0.529. The molecule has 1 aromatic carbocycles. The van der Waals surface area contributed by atoms with Crippen LogP contribution in [0.2, 0.25) is 0 Å². The summed E-state index contributed by atoms with van der Waals surface area (Å²) in [6.07, 6.45) is 3.72. The van der Waals surface area contributed by atoms with Crippen LogP contribution in [0.3, 0.4) is 0 Å². The predicted octanol–water partition coefficient (Wildman–Crippen LogP) is 2.83. The van der Waals surface area contributed by atoms with Crippen molar-refractivity contribution in [2.24, 2.45) is 0 Å². The largest absolute Gasteiger partial charge is 0.368 e. The second kappa shape index (κ2) is 5.54. The van der Waals surface area contributed by atoms with E-state index in [4.69, 9.17) is 0 Å². The first-order chi connectivity index (χ1) is 8.22. The Morgan fingerprint density at radius 3 is 2.94 bits per heavy atom. The highest BCUT2D eigenvalue weighted by Gasteiger charge is 2.24. The molecule has 0 spiro atoms. The van der Waals surface area contributed by atoms with E-state index < -0.39 is 0 Å². The summed E-state index contributed by atoms with van der Waals surface area (Å²) in [4.78, 5) is 2.57. The summed E-state index contributed by atoms with van der Waals surface area (Å²) in [7, 11) is 2.04. The van der Waals surface area contributed by atoms with Gasteiger partial charge in [-0.3, -0.25) is 0 Å². The fourth-order valence-electron chi connectivity index (χ4n) is 2.68. The average Bonchev–Trinajstić information content (AvgIpc) is 2.66. The highest BCUT2D eigenvalue weighted by atomic mass is 15.2. The summed E-state index contributed by atoms with van der Waals surface area (Å²) >= 11 is 0. The van der Waals surface area contributed by atoms with Crippen molar-refractivity contribution in [3.05, 3.63) is 29.8 Å². The molecule has 17 heavy (non-hydrogen) atoms. The Morgan fingerprint density at radius 2 is 2.18 bits per heavy atom. The summed E-state index contributed by atoms with van der Waals surface area (Å²) in [5.74, 6) is 0. The molecule has 0 saturated heterocycles. The molecule has 2 unspecified atom stereocenters. The second-order valence-corrected chi connectivity index (χ2v) is 5.21. The Morgan fingerprint density at radius 1 is 1.41 bits per heavy atom. The summed E-state index contributed by atoms with van der Waals surface area (Å²) < 4.78 is 0. The minimum absolute atomic E-state index is 0.628. The van der Waals surface area contributed by atoms with Gasteiger partial charge in [0.1, 0.15) is 0 Å². The van der Waals surface area contributed by atoms with Crippen LogP contribution in [0.5, 0.6) is 0 Å². The fourth-order valence-corrected chi connectivity index (χ4v) is 2.68. The van der Waals surface area contributed by atoms with E-state index in [1.807, 2.05) is 7.05 Å². The van der Waals surface area contributed by atoms with Crippen LogP contribution in [0, 0.1) is 0 Å². The van der Waals surface area contributed by atoms with Crippen molar-refractivity contribution < 1.29 is 0 Å². The number of anilines is 1. The number of nitrogens with one attached hydrogen (secondary N) is 1. The quantitative estimate of drug-likeness (QED) is 0.840. The van der Waals surface area contributed by atoms with E-state index in [9.17, 15) is 0 Å². The normalized spacial score (nSPS) is 20.4. The SMILES string of the molecule is CNC(C)CCCN1c2ccccc2CC1C. The van der Waals surface area contributed by atoms with Crippen molar-refractivity contribution in [3.8, 4) is 0 Å². The molecule has 0 amide bonds. The van der Waals surface area contributed by atoms with E-state index in [1.165, 1.54) is 37.1 Å². The number of para-hydroxylation sites is 1. The van der Waals surface area contributed by atoms with Crippen LogP contribution in [-0.4, -0.2) is 25.7 Å². The minimum atomic E-state index is 0.628. The fraction of sp³-hybridized carbons (Fsp3) is 0.600. The molecule has 1 aromatic rings. The van der Waals surface area contributed by atoms with Crippen LogP contribution in [0.25, 0.3) is 0 Å². The minimum Gasteiger partial charge on any atom is -0.368 e. The van der Waals surface area contributed by atoms with Crippen molar-refractivity contribution in [3.63, 3.8) is 0 Å². The smallest absolute Gasteiger partial charge is 0.0402 e. The molecule has 2 heteroatoms. The molecule has 2 atom stereocenters. The van der Waals surface area contributed by atoms with Crippen molar-refractivity contribution in [2.75, 3.05) is 18.5 Å². The first-order valence-corrected chi connectivity index (χ1v) is 6.74. The van der Waals surface area contributed by atoms with Crippen molar-refractivity contribution in [1.82, 2.24) is 5.32 Å². The zero-order valence-electron chi connectivity index (χ0n) is 11.2. The Hall–Kier alpha value is -1.02. The first-order valence-electron chi connectivity index (χ1n) is 6.74. The van der Waals surface area contributed by atoms with Crippen LogP contribution in [-0.2, 0) is 6.42 Å². The zero-order chi connectivity index (χ0) is 12.3. The van der Waals surface area contributed by atoms with Gasteiger partial charge in [0.05, 0.1) is 0 Å². The van der Waals surface area contributed by atoms with Crippen LogP contribution in [0.1, 0.15) is 32.3 Å². The Labute approximate surface area is 105 Å². The standard InChI is InChI=1S/C15H24N2/c1-12(16-3)7-6-10-17-13(2)11-14-8-4-5-9-15(14)17/h4-5,8-9,12-13,16H,6-7,10-11H2,1-3H3. The monoisotopic (exact) mass is 232 g/mol. The third kappa shape index (κ3) is 2.81. The molecule has 1 heterocycles. The molecule has 1 aliphatic heterocycles. The van der Waals surface area contributed by atoms with E-state index in [1.54, 1.807) is 0 Å². The average molecular weight is 232 g/mol. The summed E-state index contributed by atoms with van der Waals surface area (Å²) in [5.41, 5.74) is 2.97. The van der Waals surface area contributed by atoms with Gasteiger partial charge in [-0.15, -0.1) is 0 Å². The van der Waals surface area contributed by atoms with Crippen LogP contribution < -0.4 is 10.2 Å². The van der Waals surface area contributed by atoms with E-state index >= 15 is 0 Å². The third-order valence-corrected chi connectivity index (χ3v) is 3.88. The molecular formula is C15H24N2. The lowest BCUT2D eigenvalue weighted by atomic mass is 10.1. The molecule has 1 N–H and O–H groups in total. The summed E-state index contributed by atoms with van der Waals surface area (Å²) in [6, 6.07) is 10.1. The topological polar surface area (TPSA) is 15.3 Å². The number of hydrogen-bond donors (Lipinski definition) is 1. The van der Waals surface area contributed by atoms with Crippen LogP contribution in [0.4, 0.5) is 5.69 Å². The van der Waals surface area contributed by atoms with E-state index in [-0.39, 0.29) is 0 Å². The highest BCUT2D eigenvalue weighted by molar-refractivity contribution is 5.59.